The van der Waals surface area contributed by atoms with E-state index in [9.17, 15) is 5.11 Å². The van der Waals surface area contributed by atoms with E-state index in [1.165, 1.54) is 61.2 Å². The molecule has 2 aromatic rings. The zero-order valence-corrected chi connectivity index (χ0v) is 14.9. The van der Waals surface area contributed by atoms with Crippen molar-refractivity contribution in [3.63, 3.8) is 0 Å². The molecule has 124 valence electrons. The minimum absolute atomic E-state index is 0.315. The van der Waals surface area contributed by atoms with Gasteiger partial charge in [-0.1, -0.05) is 69.7 Å². The van der Waals surface area contributed by atoms with Crippen LogP contribution in [0.15, 0.2) is 53.4 Å². The Morgan fingerprint density at radius 1 is 0.696 bits per heavy atom. The number of benzene rings is 2. The van der Waals surface area contributed by atoms with E-state index in [4.69, 9.17) is 0 Å². The maximum absolute atomic E-state index is 9.35. The smallest absolute Gasteiger partial charge is 0.115 e. The van der Waals surface area contributed by atoms with Crippen LogP contribution in [0.25, 0.3) is 11.1 Å². The second kappa shape index (κ2) is 10.4. The van der Waals surface area contributed by atoms with Gasteiger partial charge in [0.1, 0.15) is 5.75 Å². The zero-order chi connectivity index (χ0) is 16.3. The summed E-state index contributed by atoms with van der Waals surface area (Å²) in [4.78, 5) is 1.35. The van der Waals surface area contributed by atoms with Crippen LogP contribution in [0.4, 0.5) is 0 Å². The lowest BCUT2D eigenvalue weighted by Gasteiger charge is -2.05. The molecule has 0 amide bonds. The average molecular weight is 329 g/mol. The minimum Gasteiger partial charge on any atom is -0.508 e. The van der Waals surface area contributed by atoms with Crippen LogP contribution in [-0.2, 0) is 0 Å². The van der Waals surface area contributed by atoms with E-state index in [1.54, 1.807) is 12.1 Å². The topological polar surface area (TPSA) is 20.2 Å². The molecule has 0 aromatic heterocycles. The molecule has 2 rings (SSSR count). The van der Waals surface area contributed by atoms with Gasteiger partial charge in [0, 0.05) is 4.90 Å². The predicted octanol–water partition coefficient (Wildman–Crippen LogP) is 6.90. The van der Waals surface area contributed by atoms with Gasteiger partial charge in [0.15, 0.2) is 0 Å². The largest absolute Gasteiger partial charge is 0.508 e. The molecule has 0 bridgehead atoms. The van der Waals surface area contributed by atoms with Crippen molar-refractivity contribution < 1.29 is 5.11 Å². The Labute approximate surface area is 145 Å². The molecule has 0 spiro atoms. The summed E-state index contributed by atoms with van der Waals surface area (Å²) in [6.45, 7) is 2.27. The predicted molar refractivity (Wildman–Crippen MR) is 102 cm³/mol. The normalized spacial score (nSPS) is 10.8. The highest BCUT2D eigenvalue weighted by atomic mass is 32.2. The van der Waals surface area contributed by atoms with Crippen LogP contribution >= 0.6 is 11.8 Å². The number of unbranched alkanes of at least 4 members (excludes halogenated alkanes) is 6. The highest BCUT2D eigenvalue weighted by Gasteiger charge is 1.99. The summed E-state index contributed by atoms with van der Waals surface area (Å²) in [6.07, 6.45) is 9.60. The van der Waals surface area contributed by atoms with Crippen LogP contribution in [0.3, 0.4) is 0 Å². The fraction of sp³-hybridized carbons (Fsp3) is 0.429. The molecule has 0 unspecified atom stereocenters. The molecule has 0 atom stereocenters. The maximum Gasteiger partial charge on any atom is 0.115 e. The fourth-order valence-corrected chi connectivity index (χ4v) is 3.56. The van der Waals surface area contributed by atoms with Gasteiger partial charge in [-0.2, -0.15) is 0 Å². The molecule has 2 aromatic carbocycles. The van der Waals surface area contributed by atoms with Crippen LogP contribution in [0.5, 0.6) is 5.75 Å². The molecule has 0 saturated heterocycles. The number of hydrogen-bond donors (Lipinski definition) is 1. The molecule has 0 radical (unpaired) electrons. The highest BCUT2D eigenvalue weighted by molar-refractivity contribution is 7.99. The van der Waals surface area contributed by atoms with Gasteiger partial charge >= 0.3 is 0 Å². The number of hydrogen-bond acceptors (Lipinski definition) is 2. The van der Waals surface area contributed by atoms with E-state index in [0.29, 0.717) is 5.75 Å². The first-order valence-corrected chi connectivity index (χ1v) is 9.80. The Morgan fingerprint density at radius 3 is 1.83 bits per heavy atom. The summed E-state index contributed by atoms with van der Waals surface area (Å²) < 4.78 is 0. The van der Waals surface area contributed by atoms with Crippen molar-refractivity contribution in [3.05, 3.63) is 48.5 Å². The summed E-state index contributed by atoms with van der Waals surface area (Å²) in [5, 5.41) is 9.35. The standard InChI is InChI=1S/C21H28OS/c1-2-3-4-5-6-7-8-17-23-21-15-11-19(12-16-21)18-9-13-20(22)14-10-18/h9-16,22H,2-8,17H2,1H3. The van der Waals surface area contributed by atoms with Crippen molar-refractivity contribution in [1.82, 2.24) is 0 Å². The van der Waals surface area contributed by atoms with Crippen LogP contribution in [-0.4, -0.2) is 10.9 Å². The van der Waals surface area contributed by atoms with Gasteiger partial charge in [0.25, 0.3) is 0 Å². The lowest BCUT2D eigenvalue weighted by Crippen LogP contribution is -1.83. The summed E-state index contributed by atoms with van der Waals surface area (Å²) in [6, 6.07) is 16.1. The summed E-state index contributed by atoms with van der Waals surface area (Å²) in [7, 11) is 0. The van der Waals surface area contributed by atoms with E-state index in [-0.39, 0.29) is 0 Å². The minimum atomic E-state index is 0.315. The third-order valence-electron chi connectivity index (χ3n) is 4.07. The molecule has 1 N–H and O–H groups in total. The Balaban J connectivity index is 1.68. The Hall–Kier alpha value is -1.41. The Kier molecular flexibility index (Phi) is 8.10. The third kappa shape index (κ3) is 6.70. The van der Waals surface area contributed by atoms with E-state index >= 15 is 0 Å². The molecule has 2 heteroatoms. The SMILES string of the molecule is CCCCCCCCCSc1ccc(-c2ccc(O)cc2)cc1. The van der Waals surface area contributed by atoms with Crippen LogP contribution in [0.2, 0.25) is 0 Å². The Morgan fingerprint density at radius 2 is 1.22 bits per heavy atom. The van der Waals surface area contributed by atoms with Crippen LogP contribution in [0, 0.1) is 0 Å². The van der Waals surface area contributed by atoms with Crippen molar-refractivity contribution >= 4 is 11.8 Å². The Bertz CT molecular complexity index is 545. The monoisotopic (exact) mass is 328 g/mol. The van der Waals surface area contributed by atoms with Crippen molar-refractivity contribution in [2.24, 2.45) is 0 Å². The van der Waals surface area contributed by atoms with Crippen molar-refractivity contribution in [2.75, 3.05) is 5.75 Å². The quantitative estimate of drug-likeness (QED) is 0.378. The van der Waals surface area contributed by atoms with Gasteiger partial charge in [0.2, 0.25) is 0 Å². The van der Waals surface area contributed by atoms with Crippen molar-refractivity contribution in [3.8, 4) is 16.9 Å². The lowest BCUT2D eigenvalue weighted by molar-refractivity contribution is 0.475. The average Bonchev–Trinajstić information content (AvgIpc) is 2.59. The van der Waals surface area contributed by atoms with E-state index in [1.807, 2.05) is 23.9 Å². The first kappa shape index (κ1) is 17.9. The fourth-order valence-electron chi connectivity index (χ4n) is 2.65. The van der Waals surface area contributed by atoms with Gasteiger partial charge in [-0.15, -0.1) is 11.8 Å². The number of phenols is 1. The molecule has 0 saturated carbocycles. The lowest BCUT2D eigenvalue weighted by atomic mass is 10.1. The summed E-state index contributed by atoms with van der Waals surface area (Å²) in [5.41, 5.74) is 2.34. The van der Waals surface area contributed by atoms with Gasteiger partial charge in [0.05, 0.1) is 0 Å². The van der Waals surface area contributed by atoms with Crippen LogP contribution < -0.4 is 0 Å². The van der Waals surface area contributed by atoms with E-state index in [0.717, 1.165) is 5.56 Å². The molecule has 0 heterocycles. The second-order valence-electron chi connectivity index (χ2n) is 6.04. The number of aromatic hydroxyl groups is 1. The summed E-state index contributed by atoms with van der Waals surface area (Å²) in [5.74, 6) is 1.53. The molecular formula is C21H28OS. The van der Waals surface area contributed by atoms with Crippen LogP contribution in [0.1, 0.15) is 51.9 Å². The van der Waals surface area contributed by atoms with E-state index < -0.39 is 0 Å². The molecule has 0 aliphatic rings. The van der Waals surface area contributed by atoms with Crippen molar-refractivity contribution in [1.29, 1.82) is 0 Å². The molecular weight excluding hydrogens is 300 g/mol. The number of phenolic OH excluding ortho intramolecular Hbond substituents is 1. The second-order valence-corrected chi connectivity index (χ2v) is 7.21. The van der Waals surface area contributed by atoms with Gasteiger partial charge in [-0.25, -0.2) is 0 Å². The van der Waals surface area contributed by atoms with Gasteiger partial charge in [-0.05, 0) is 47.6 Å². The van der Waals surface area contributed by atoms with Gasteiger partial charge in [-0.3, -0.25) is 0 Å². The molecule has 0 fully saturated rings. The summed E-state index contributed by atoms with van der Waals surface area (Å²) >= 11 is 1.96. The molecule has 1 nitrogen and oxygen atoms in total. The molecule has 0 aliphatic carbocycles. The number of rotatable bonds is 10. The van der Waals surface area contributed by atoms with Crippen molar-refractivity contribution in [2.45, 2.75) is 56.8 Å². The first-order chi connectivity index (χ1) is 11.3. The maximum atomic E-state index is 9.35. The highest BCUT2D eigenvalue weighted by Crippen LogP contribution is 2.26. The zero-order valence-electron chi connectivity index (χ0n) is 14.1. The van der Waals surface area contributed by atoms with Gasteiger partial charge < -0.3 is 5.11 Å². The molecule has 23 heavy (non-hydrogen) atoms. The number of thioether (sulfide) groups is 1. The van der Waals surface area contributed by atoms with E-state index in [2.05, 4.69) is 31.2 Å². The first-order valence-electron chi connectivity index (χ1n) is 8.82. The third-order valence-corrected chi connectivity index (χ3v) is 5.17. The molecule has 0 aliphatic heterocycles.